The van der Waals surface area contributed by atoms with Crippen LogP contribution >= 0.6 is 15.9 Å². The van der Waals surface area contributed by atoms with Gasteiger partial charge in [-0.2, -0.15) is 13.2 Å². The minimum Gasteiger partial charge on any atom is -0.352 e. The number of benzene rings is 2. The molecule has 1 fully saturated rings. The number of amides is 2. The van der Waals surface area contributed by atoms with Crippen LogP contribution in [0.3, 0.4) is 0 Å². The Balaban J connectivity index is 1.91. The van der Waals surface area contributed by atoms with Crippen molar-refractivity contribution in [3.63, 3.8) is 0 Å². The first-order chi connectivity index (χ1) is 17.8. The number of sulfonamides is 1. The maximum Gasteiger partial charge on any atom is 0.416 e. The van der Waals surface area contributed by atoms with E-state index in [1.165, 1.54) is 11.0 Å². The summed E-state index contributed by atoms with van der Waals surface area (Å²) in [6.07, 6.45) is 0.915. The molecule has 0 bridgehead atoms. The number of halogens is 4. The molecule has 1 saturated carbocycles. The standard InChI is InChI=1S/C26H31BrF3N3O4S/c1-18(25(35)31-22-11-4-3-5-12-22)32(16-19-8-6-10-21(27)14-19)24(34)17-33(38(2,36)37)23-13-7-9-20(15-23)26(28,29)30/h6-10,13-15,18,22H,3-5,11-12,16-17H2,1-2H3,(H,31,35). The van der Waals surface area contributed by atoms with Gasteiger partial charge in [-0.15, -0.1) is 0 Å². The third-order valence-corrected chi connectivity index (χ3v) is 8.14. The summed E-state index contributed by atoms with van der Waals surface area (Å²) in [4.78, 5) is 28.0. The molecule has 38 heavy (non-hydrogen) atoms. The Kier molecular flexibility index (Phi) is 9.85. The van der Waals surface area contributed by atoms with Crippen LogP contribution in [0.1, 0.15) is 50.2 Å². The van der Waals surface area contributed by atoms with E-state index in [4.69, 9.17) is 0 Å². The van der Waals surface area contributed by atoms with Gasteiger partial charge in [0.05, 0.1) is 17.5 Å². The van der Waals surface area contributed by atoms with Gasteiger partial charge >= 0.3 is 6.18 Å². The Morgan fingerprint density at radius 2 is 1.74 bits per heavy atom. The smallest absolute Gasteiger partial charge is 0.352 e. The fourth-order valence-electron chi connectivity index (χ4n) is 4.43. The Morgan fingerprint density at radius 1 is 1.08 bits per heavy atom. The van der Waals surface area contributed by atoms with Crippen LogP contribution in [0.4, 0.5) is 18.9 Å². The van der Waals surface area contributed by atoms with Crippen LogP contribution < -0.4 is 9.62 Å². The summed E-state index contributed by atoms with van der Waals surface area (Å²) in [6.45, 7) is 0.788. The lowest BCUT2D eigenvalue weighted by Crippen LogP contribution is -2.53. The summed E-state index contributed by atoms with van der Waals surface area (Å²) in [5, 5.41) is 2.99. The van der Waals surface area contributed by atoms with Crippen LogP contribution in [0.2, 0.25) is 0 Å². The maximum absolute atomic E-state index is 13.6. The van der Waals surface area contributed by atoms with Crippen LogP contribution in [0.15, 0.2) is 53.0 Å². The minimum absolute atomic E-state index is 0.000789. The van der Waals surface area contributed by atoms with E-state index in [-0.39, 0.29) is 24.2 Å². The van der Waals surface area contributed by atoms with Crippen molar-refractivity contribution >= 4 is 43.5 Å². The summed E-state index contributed by atoms with van der Waals surface area (Å²) in [5.74, 6) is -1.09. The monoisotopic (exact) mass is 617 g/mol. The average molecular weight is 619 g/mol. The molecule has 2 amide bonds. The number of hydrogen-bond donors (Lipinski definition) is 1. The molecule has 0 aliphatic heterocycles. The van der Waals surface area contributed by atoms with E-state index in [2.05, 4.69) is 21.2 Å². The molecule has 208 valence electrons. The molecular formula is C26H31BrF3N3O4S. The van der Waals surface area contributed by atoms with E-state index in [0.717, 1.165) is 55.0 Å². The quantitative estimate of drug-likeness (QED) is 0.424. The molecule has 12 heteroatoms. The number of carbonyl (C=O) groups excluding carboxylic acids is 2. The average Bonchev–Trinajstić information content (AvgIpc) is 2.85. The van der Waals surface area contributed by atoms with E-state index in [0.29, 0.717) is 15.9 Å². The lowest BCUT2D eigenvalue weighted by atomic mass is 9.95. The van der Waals surface area contributed by atoms with Crippen LogP contribution in [-0.2, 0) is 32.3 Å². The molecule has 0 heterocycles. The molecule has 1 atom stereocenters. The molecule has 1 aliphatic carbocycles. The summed E-state index contributed by atoms with van der Waals surface area (Å²) in [7, 11) is -4.15. The Hall–Kier alpha value is -2.60. The van der Waals surface area contributed by atoms with Crippen LogP contribution in [0, 0.1) is 0 Å². The highest BCUT2D eigenvalue weighted by Crippen LogP contribution is 2.32. The van der Waals surface area contributed by atoms with Crippen molar-refractivity contribution in [2.75, 3.05) is 17.1 Å². The number of carbonyl (C=O) groups is 2. The van der Waals surface area contributed by atoms with Crippen molar-refractivity contribution in [3.8, 4) is 0 Å². The Labute approximate surface area is 229 Å². The van der Waals surface area contributed by atoms with Gasteiger partial charge in [-0.3, -0.25) is 13.9 Å². The topological polar surface area (TPSA) is 86.8 Å². The third-order valence-electron chi connectivity index (χ3n) is 6.50. The fraction of sp³-hybridized carbons (Fsp3) is 0.462. The lowest BCUT2D eigenvalue weighted by Gasteiger charge is -2.33. The summed E-state index contributed by atoms with van der Waals surface area (Å²) >= 11 is 3.38. The van der Waals surface area contributed by atoms with Crippen molar-refractivity contribution in [2.45, 2.75) is 63.8 Å². The number of rotatable bonds is 9. The van der Waals surface area contributed by atoms with E-state index in [1.807, 2.05) is 0 Å². The Bertz CT molecular complexity index is 1250. The number of hydrogen-bond acceptors (Lipinski definition) is 4. The molecule has 1 N–H and O–H groups in total. The zero-order chi connectivity index (χ0) is 28.1. The minimum atomic E-state index is -4.69. The molecule has 7 nitrogen and oxygen atoms in total. The summed E-state index contributed by atoms with van der Waals surface area (Å²) in [5.41, 5.74) is -0.644. The van der Waals surface area contributed by atoms with Crippen LogP contribution in [0.5, 0.6) is 0 Å². The van der Waals surface area contributed by atoms with Crippen molar-refractivity contribution in [3.05, 3.63) is 64.1 Å². The second-order valence-corrected chi connectivity index (χ2v) is 12.3. The second kappa shape index (κ2) is 12.5. The van der Waals surface area contributed by atoms with Crippen molar-refractivity contribution < 1.29 is 31.2 Å². The predicted octanol–water partition coefficient (Wildman–Crippen LogP) is 5.10. The highest BCUT2D eigenvalue weighted by atomic mass is 79.9. The molecule has 3 rings (SSSR count). The Morgan fingerprint density at radius 3 is 2.34 bits per heavy atom. The third kappa shape index (κ3) is 8.20. The fourth-order valence-corrected chi connectivity index (χ4v) is 5.72. The van der Waals surface area contributed by atoms with Crippen LogP contribution in [0.25, 0.3) is 0 Å². The first-order valence-corrected chi connectivity index (χ1v) is 14.9. The largest absolute Gasteiger partial charge is 0.416 e. The molecule has 0 aromatic heterocycles. The number of anilines is 1. The van der Waals surface area contributed by atoms with Gasteiger partial charge in [0.25, 0.3) is 0 Å². The van der Waals surface area contributed by atoms with Crippen molar-refractivity contribution in [1.82, 2.24) is 10.2 Å². The highest BCUT2D eigenvalue weighted by molar-refractivity contribution is 9.10. The van der Waals surface area contributed by atoms with Gasteiger partial charge in [-0.25, -0.2) is 8.42 Å². The number of alkyl halides is 3. The van der Waals surface area contributed by atoms with Gasteiger partial charge in [0.15, 0.2) is 0 Å². The van der Waals surface area contributed by atoms with Gasteiger partial charge in [0.1, 0.15) is 12.6 Å². The molecule has 2 aromatic rings. The summed E-state index contributed by atoms with van der Waals surface area (Å²) in [6, 6.07) is 9.93. The van der Waals surface area contributed by atoms with Crippen LogP contribution in [-0.4, -0.2) is 50.0 Å². The van der Waals surface area contributed by atoms with Gasteiger partial charge in [0.2, 0.25) is 21.8 Å². The maximum atomic E-state index is 13.6. The van der Waals surface area contributed by atoms with Gasteiger partial charge in [0, 0.05) is 17.1 Å². The number of nitrogens with zero attached hydrogens (tertiary/aromatic N) is 2. The predicted molar refractivity (Wildman–Crippen MR) is 143 cm³/mol. The summed E-state index contributed by atoms with van der Waals surface area (Å²) < 4.78 is 66.5. The van der Waals surface area contributed by atoms with Gasteiger partial charge < -0.3 is 10.2 Å². The normalized spacial score (nSPS) is 15.5. The van der Waals surface area contributed by atoms with E-state index in [1.54, 1.807) is 31.2 Å². The molecular weight excluding hydrogens is 587 g/mol. The van der Waals surface area contributed by atoms with Gasteiger partial charge in [-0.05, 0) is 55.7 Å². The molecule has 2 aromatic carbocycles. The second-order valence-electron chi connectivity index (χ2n) is 9.49. The van der Waals surface area contributed by atoms with E-state index >= 15 is 0 Å². The van der Waals surface area contributed by atoms with E-state index < -0.39 is 40.3 Å². The first kappa shape index (κ1) is 29.9. The molecule has 1 unspecified atom stereocenters. The zero-order valence-electron chi connectivity index (χ0n) is 21.2. The number of nitrogens with one attached hydrogen (secondary N) is 1. The highest BCUT2D eigenvalue weighted by Gasteiger charge is 2.34. The molecule has 1 aliphatic rings. The van der Waals surface area contributed by atoms with Crippen molar-refractivity contribution in [2.24, 2.45) is 0 Å². The van der Waals surface area contributed by atoms with E-state index in [9.17, 15) is 31.2 Å². The van der Waals surface area contributed by atoms with Gasteiger partial charge in [-0.1, -0.05) is 53.4 Å². The lowest BCUT2D eigenvalue weighted by molar-refractivity contribution is -0.139. The molecule has 0 radical (unpaired) electrons. The molecule has 0 saturated heterocycles. The van der Waals surface area contributed by atoms with Crippen molar-refractivity contribution in [1.29, 1.82) is 0 Å². The SMILES string of the molecule is CC(C(=O)NC1CCCCC1)N(Cc1cccc(Br)c1)C(=O)CN(c1cccc(C(F)(F)F)c1)S(C)(=O)=O. The zero-order valence-corrected chi connectivity index (χ0v) is 23.6. The first-order valence-electron chi connectivity index (χ1n) is 12.2. The molecule has 0 spiro atoms.